The van der Waals surface area contributed by atoms with Crippen molar-refractivity contribution in [3.05, 3.63) is 60.7 Å². The maximum atomic E-state index is 5.44. The minimum absolute atomic E-state index is 0.561. The van der Waals surface area contributed by atoms with Gasteiger partial charge in [-0.05, 0) is 35.1 Å². The summed E-state index contributed by atoms with van der Waals surface area (Å²) in [5.41, 5.74) is 1.43. The Morgan fingerprint density at radius 2 is 1.88 bits per heavy atom. The molecule has 16 heavy (non-hydrogen) atoms. The van der Waals surface area contributed by atoms with E-state index < -0.39 is 0 Å². The number of hydrogen-bond acceptors (Lipinski definition) is 0. The summed E-state index contributed by atoms with van der Waals surface area (Å²) >= 11 is 0. The van der Waals surface area contributed by atoms with E-state index in [0.29, 0.717) is 5.92 Å². The molecule has 0 aliphatic rings. The van der Waals surface area contributed by atoms with Gasteiger partial charge in [-0.3, -0.25) is 0 Å². The van der Waals surface area contributed by atoms with Gasteiger partial charge in [-0.2, -0.15) is 0 Å². The average Bonchev–Trinajstić information content (AvgIpc) is 2.35. The third-order valence-electron chi connectivity index (χ3n) is 3.12. The number of hydrogen-bond donors (Lipinski definition) is 0. The van der Waals surface area contributed by atoms with Gasteiger partial charge in [-0.25, -0.2) is 0 Å². The Morgan fingerprint density at radius 3 is 2.69 bits per heavy atom. The Labute approximate surface area is 97.6 Å². The van der Waals surface area contributed by atoms with Gasteiger partial charge >= 0.3 is 0 Å². The Bertz CT molecular complexity index is 477. The van der Waals surface area contributed by atoms with E-state index in [1.165, 1.54) is 16.3 Å². The molecule has 2 aromatic rings. The summed E-state index contributed by atoms with van der Waals surface area (Å²) in [6.07, 6.45) is 3.84. The molecule has 0 spiro atoms. The molecule has 0 bridgehead atoms. The highest BCUT2D eigenvalue weighted by Crippen LogP contribution is 2.28. The van der Waals surface area contributed by atoms with Crippen LogP contribution in [0.5, 0.6) is 0 Å². The first kappa shape index (κ1) is 10.9. The van der Waals surface area contributed by atoms with Crippen molar-refractivity contribution in [3.8, 4) is 0 Å². The monoisotopic (exact) mass is 209 g/mol. The Morgan fingerprint density at radius 1 is 1.12 bits per heavy atom. The third-order valence-corrected chi connectivity index (χ3v) is 3.12. The Kier molecular flexibility index (Phi) is 3.40. The van der Waals surface area contributed by atoms with Crippen molar-refractivity contribution in [3.63, 3.8) is 0 Å². The van der Waals surface area contributed by atoms with Gasteiger partial charge in [0.2, 0.25) is 0 Å². The predicted molar refractivity (Wildman–Crippen MR) is 70.5 cm³/mol. The van der Waals surface area contributed by atoms with Crippen LogP contribution in [-0.2, 0) is 0 Å². The van der Waals surface area contributed by atoms with Crippen LogP contribution in [0.3, 0.4) is 0 Å². The van der Waals surface area contributed by atoms with Gasteiger partial charge in [0.05, 0.1) is 0 Å². The summed E-state index contributed by atoms with van der Waals surface area (Å²) in [7, 11) is 0. The van der Waals surface area contributed by atoms with Gasteiger partial charge in [-0.1, -0.05) is 62.0 Å². The lowest BCUT2D eigenvalue weighted by Crippen LogP contribution is -1.94. The predicted octanol–water partition coefficient (Wildman–Crippen LogP) is 4.71. The lowest BCUT2D eigenvalue weighted by Gasteiger charge is -2.13. The molecule has 0 aromatic heterocycles. The topological polar surface area (TPSA) is 0 Å². The van der Waals surface area contributed by atoms with Gasteiger partial charge in [0, 0.05) is 0 Å². The molecule has 0 aliphatic carbocycles. The van der Waals surface area contributed by atoms with Crippen LogP contribution in [0.1, 0.15) is 31.2 Å². The minimum Gasteiger partial charge on any atom is -0.0845 e. The summed E-state index contributed by atoms with van der Waals surface area (Å²) in [6, 6.07) is 15.1. The van der Waals surface area contributed by atoms with Crippen molar-refractivity contribution in [2.75, 3.05) is 0 Å². The van der Waals surface area contributed by atoms with Crippen molar-refractivity contribution in [2.45, 2.75) is 25.7 Å². The van der Waals surface area contributed by atoms with Crippen LogP contribution in [-0.4, -0.2) is 0 Å². The van der Waals surface area contributed by atoms with E-state index in [0.717, 1.165) is 12.8 Å². The molecule has 0 heteroatoms. The Balaban J connectivity index is 2.39. The summed E-state index contributed by atoms with van der Waals surface area (Å²) < 4.78 is 0. The summed E-state index contributed by atoms with van der Waals surface area (Å²) in [4.78, 5) is 0. The van der Waals surface area contributed by atoms with E-state index in [1.807, 2.05) is 0 Å². The molecule has 2 rings (SSSR count). The quantitative estimate of drug-likeness (QED) is 0.684. The first-order chi connectivity index (χ1) is 7.83. The molecule has 0 amide bonds. The molecule has 0 aliphatic heterocycles. The van der Waals surface area contributed by atoms with Crippen LogP contribution < -0.4 is 0 Å². The van der Waals surface area contributed by atoms with Crippen molar-refractivity contribution >= 4 is 10.8 Å². The zero-order valence-electron chi connectivity index (χ0n) is 9.69. The first-order valence-corrected chi connectivity index (χ1v) is 5.84. The molecule has 81 valence electrons. The van der Waals surface area contributed by atoms with Crippen molar-refractivity contribution in [1.82, 2.24) is 0 Å². The van der Waals surface area contributed by atoms with E-state index in [4.69, 9.17) is 6.58 Å². The molecule has 0 fully saturated rings. The zero-order chi connectivity index (χ0) is 11.4. The fourth-order valence-electron chi connectivity index (χ4n) is 2.18. The van der Waals surface area contributed by atoms with Crippen LogP contribution in [0.4, 0.5) is 0 Å². The molecule has 1 atom stereocenters. The molecular weight excluding hydrogens is 192 g/mol. The van der Waals surface area contributed by atoms with Crippen LogP contribution in [0, 0.1) is 6.58 Å². The summed E-state index contributed by atoms with van der Waals surface area (Å²) in [6.45, 7) is 7.71. The van der Waals surface area contributed by atoms with E-state index in [-0.39, 0.29) is 0 Å². The van der Waals surface area contributed by atoms with Crippen molar-refractivity contribution < 1.29 is 0 Å². The van der Waals surface area contributed by atoms with Crippen molar-refractivity contribution in [2.24, 2.45) is 0 Å². The minimum atomic E-state index is 0.561. The SMILES string of the molecule is [CH]=CCCC(C)c1cccc2ccccc12. The molecular formula is C16H17. The van der Waals surface area contributed by atoms with Crippen LogP contribution >= 0.6 is 0 Å². The lowest BCUT2D eigenvalue weighted by atomic mass is 9.91. The van der Waals surface area contributed by atoms with Crippen LogP contribution in [0.2, 0.25) is 0 Å². The van der Waals surface area contributed by atoms with Gasteiger partial charge in [0.1, 0.15) is 0 Å². The highest BCUT2D eigenvalue weighted by atomic mass is 14.1. The second-order valence-corrected chi connectivity index (χ2v) is 4.28. The highest BCUT2D eigenvalue weighted by Gasteiger charge is 2.07. The van der Waals surface area contributed by atoms with E-state index in [2.05, 4.69) is 49.4 Å². The zero-order valence-corrected chi connectivity index (χ0v) is 9.69. The normalized spacial score (nSPS) is 12.6. The highest BCUT2D eigenvalue weighted by molar-refractivity contribution is 5.86. The molecule has 1 radical (unpaired) electrons. The maximum absolute atomic E-state index is 5.44. The number of allylic oxidation sites excluding steroid dienone is 1. The molecule has 1 unspecified atom stereocenters. The van der Waals surface area contributed by atoms with Crippen molar-refractivity contribution in [1.29, 1.82) is 0 Å². The molecule has 2 aromatic carbocycles. The summed E-state index contributed by atoms with van der Waals surface area (Å²) in [5, 5.41) is 2.69. The van der Waals surface area contributed by atoms with Crippen LogP contribution in [0.25, 0.3) is 10.8 Å². The second-order valence-electron chi connectivity index (χ2n) is 4.28. The first-order valence-electron chi connectivity index (χ1n) is 5.84. The molecule has 0 saturated carbocycles. The van der Waals surface area contributed by atoms with E-state index >= 15 is 0 Å². The largest absolute Gasteiger partial charge is 0.0845 e. The smallest absolute Gasteiger partial charge is 0.0149 e. The molecule has 0 heterocycles. The second kappa shape index (κ2) is 4.98. The third kappa shape index (κ3) is 2.16. The van der Waals surface area contributed by atoms with E-state index in [1.54, 1.807) is 6.08 Å². The standard InChI is InChI=1S/C16H17/c1-3-4-8-13(2)15-12-7-10-14-9-5-6-11-16(14)15/h1,3,5-7,9-13H,4,8H2,2H3. The van der Waals surface area contributed by atoms with Gasteiger partial charge in [0.15, 0.2) is 0 Å². The van der Waals surface area contributed by atoms with Gasteiger partial charge in [-0.15, -0.1) is 0 Å². The molecule has 0 saturated heterocycles. The molecule has 0 N–H and O–H groups in total. The fourth-order valence-corrected chi connectivity index (χ4v) is 2.18. The van der Waals surface area contributed by atoms with E-state index in [9.17, 15) is 0 Å². The Hall–Kier alpha value is -1.56. The average molecular weight is 209 g/mol. The molecule has 0 nitrogen and oxygen atoms in total. The maximum Gasteiger partial charge on any atom is -0.0149 e. The number of fused-ring (bicyclic) bond motifs is 1. The number of rotatable bonds is 4. The lowest BCUT2D eigenvalue weighted by molar-refractivity contribution is 0.696. The van der Waals surface area contributed by atoms with Crippen LogP contribution in [0.15, 0.2) is 48.5 Å². The summed E-state index contributed by atoms with van der Waals surface area (Å²) in [5.74, 6) is 0.561. The van der Waals surface area contributed by atoms with Gasteiger partial charge < -0.3 is 0 Å². The van der Waals surface area contributed by atoms with Gasteiger partial charge in [0.25, 0.3) is 0 Å². The fraction of sp³-hybridized carbons (Fsp3) is 0.250. The number of benzene rings is 2.